The van der Waals surface area contributed by atoms with Crippen LogP contribution in [0.2, 0.25) is 0 Å². The van der Waals surface area contributed by atoms with Gasteiger partial charge in [0.2, 0.25) is 17.7 Å². The summed E-state index contributed by atoms with van der Waals surface area (Å²) in [6.45, 7) is 1.84. The number of hydrogen-bond donors (Lipinski definition) is 3. The monoisotopic (exact) mass is 524 g/mol. The van der Waals surface area contributed by atoms with E-state index in [0.29, 0.717) is 38.7 Å². The molecule has 0 unspecified atom stereocenters. The molecule has 5 fully saturated rings. The van der Waals surface area contributed by atoms with Crippen molar-refractivity contribution in [2.24, 2.45) is 0 Å². The SMILES string of the molecule is COCC(=O)N1C[C@@H]2CN(CCO2)C(=O)[C@@H]2C[C@@H](CN2C2CCCC2)NC(=O)C[C@@H]2O[C@H](C1)[C@@H](O)[C@H]2O. The van der Waals surface area contributed by atoms with E-state index in [0.717, 1.165) is 25.7 Å². The van der Waals surface area contributed by atoms with Gasteiger partial charge in [0.15, 0.2) is 0 Å². The summed E-state index contributed by atoms with van der Waals surface area (Å²) in [5.41, 5.74) is 0. The van der Waals surface area contributed by atoms with E-state index >= 15 is 0 Å². The number of rotatable bonds is 3. The zero-order valence-corrected chi connectivity index (χ0v) is 21.5. The minimum absolute atomic E-state index is 0.00700. The molecule has 208 valence electrons. The standard InChI is InChI=1S/C25H40N4O8/c1-35-14-22(31)28-12-17-11-27(6-7-36-17)25(34)18-8-15(10-29(18)16-4-2-3-5-16)26-21(30)9-19-23(32)24(33)20(13-28)37-19/h15-20,23-24,32-33H,2-14H2,1H3,(H,26,30)/t15-,17-,18-,19-,20+,23-,24+/m0/s1. The van der Waals surface area contributed by atoms with Gasteiger partial charge in [0.1, 0.15) is 24.9 Å². The third-order valence-electron chi connectivity index (χ3n) is 8.53. The maximum Gasteiger partial charge on any atom is 0.248 e. The number of ether oxygens (including phenoxy) is 3. The Hall–Kier alpha value is -1.83. The van der Waals surface area contributed by atoms with Crippen LogP contribution >= 0.6 is 0 Å². The molecule has 37 heavy (non-hydrogen) atoms. The zero-order chi connectivity index (χ0) is 26.1. The first kappa shape index (κ1) is 26.8. The smallest absolute Gasteiger partial charge is 0.248 e. The summed E-state index contributed by atoms with van der Waals surface area (Å²) in [5, 5.41) is 24.3. The van der Waals surface area contributed by atoms with E-state index in [2.05, 4.69) is 10.2 Å². The second-order valence-electron chi connectivity index (χ2n) is 11.1. The van der Waals surface area contributed by atoms with Gasteiger partial charge in [-0.1, -0.05) is 12.8 Å². The number of hydrogen-bond acceptors (Lipinski definition) is 9. The predicted octanol–water partition coefficient (Wildman–Crippen LogP) is -1.92. The zero-order valence-electron chi connectivity index (χ0n) is 21.5. The molecule has 3 N–H and O–H groups in total. The lowest BCUT2D eigenvalue weighted by molar-refractivity contribution is -0.149. The maximum atomic E-state index is 13.8. The van der Waals surface area contributed by atoms with Crippen LogP contribution in [0.5, 0.6) is 0 Å². The molecule has 4 aliphatic heterocycles. The Balaban J connectivity index is 1.41. The second kappa shape index (κ2) is 11.5. The van der Waals surface area contributed by atoms with Crippen molar-refractivity contribution < 1.29 is 38.8 Å². The van der Waals surface area contributed by atoms with E-state index in [1.807, 2.05) is 4.90 Å². The summed E-state index contributed by atoms with van der Waals surface area (Å²) in [4.78, 5) is 45.2. The number of likely N-dealkylation sites (tertiary alicyclic amines) is 1. The Morgan fingerprint density at radius 2 is 1.84 bits per heavy atom. The molecule has 4 heterocycles. The fourth-order valence-electron chi connectivity index (χ4n) is 6.66. The van der Waals surface area contributed by atoms with Crippen molar-refractivity contribution in [3.8, 4) is 0 Å². The van der Waals surface area contributed by atoms with Crippen molar-refractivity contribution in [1.29, 1.82) is 0 Å². The van der Waals surface area contributed by atoms with Crippen molar-refractivity contribution >= 4 is 17.7 Å². The molecule has 7 atom stereocenters. The first-order chi connectivity index (χ1) is 17.8. The van der Waals surface area contributed by atoms with Gasteiger partial charge in [0.05, 0.1) is 31.3 Å². The molecular weight excluding hydrogens is 484 g/mol. The van der Waals surface area contributed by atoms with Gasteiger partial charge < -0.3 is 39.5 Å². The number of morpholine rings is 1. The second-order valence-corrected chi connectivity index (χ2v) is 11.1. The van der Waals surface area contributed by atoms with Gasteiger partial charge >= 0.3 is 0 Å². The summed E-state index contributed by atoms with van der Waals surface area (Å²) < 4.78 is 16.9. The van der Waals surface area contributed by atoms with Gasteiger partial charge in [-0.2, -0.15) is 0 Å². The third kappa shape index (κ3) is 5.79. The van der Waals surface area contributed by atoms with E-state index in [4.69, 9.17) is 14.2 Å². The largest absolute Gasteiger partial charge is 0.388 e. The van der Waals surface area contributed by atoms with Gasteiger partial charge in [-0.05, 0) is 19.3 Å². The van der Waals surface area contributed by atoms with E-state index in [1.54, 1.807) is 0 Å². The Morgan fingerprint density at radius 1 is 1.08 bits per heavy atom. The third-order valence-corrected chi connectivity index (χ3v) is 8.53. The number of aliphatic hydroxyl groups excluding tert-OH is 2. The molecule has 12 nitrogen and oxygen atoms in total. The van der Waals surface area contributed by atoms with Gasteiger partial charge in [0, 0.05) is 51.9 Å². The lowest BCUT2D eigenvalue weighted by Crippen LogP contribution is -2.56. The molecule has 0 spiro atoms. The fourth-order valence-corrected chi connectivity index (χ4v) is 6.66. The number of nitrogens with zero attached hydrogens (tertiary/aromatic N) is 3. The molecule has 6 bridgehead atoms. The molecule has 5 rings (SSSR count). The number of methoxy groups -OCH3 is 1. The summed E-state index contributed by atoms with van der Waals surface area (Å²) in [7, 11) is 1.43. The molecule has 1 saturated carbocycles. The van der Waals surface area contributed by atoms with Gasteiger partial charge in [-0.25, -0.2) is 0 Å². The highest BCUT2D eigenvalue weighted by atomic mass is 16.5. The van der Waals surface area contributed by atoms with Crippen molar-refractivity contribution in [3.05, 3.63) is 0 Å². The van der Waals surface area contributed by atoms with Crippen LogP contribution in [0.15, 0.2) is 0 Å². The number of fused-ring (bicyclic) bond motifs is 6. The number of aliphatic hydroxyl groups is 2. The first-order valence-corrected chi connectivity index (χ1v) is 13.6. The molecule has 1 aliphatic carbocycles. The van der Waals surface area contributed by atoms with Crippen LogP contribution in [0.3, 0.4) is 0 Å². The van der Waals surface area contributed by atoms with Crippen LogP contribution in [-0.2, 0) is 28.6 Å². The normalized spacial score (nSPS) is 38.3. The molecule has 0 aromatic heterocycles. The van der Waals surface area contributed by atoms with Crippen LogP contribution in [0.25, 0.3) is 0 Å². The Kier molecular flexibility index (Phi) is 8.32. The van der Waals surface area contributed by atoms with E-state index in [-0.39, 0.29) is 55.9 Å². The molecular formula is C25H40N4O8. The average Bonchev–Trinajstić information content (AvgIpc) is 3.60. The highest BCUT2D eigenvalue weighted by Crippen LogP contribution is 2.32. The fraction of sp³-hybridized carbons (Fsp3) is 0.880. The van der Waals surface area contributed by atoms with Gasteiger partial charge in [-0.15, -0.1) is 0 Å². The molecule has 4 saturated heterocycles. The summed E-state index contributed by atoms with van der Waals surface area (Å²) in [6, 6.07) is -0.160. The Labute approximate surface area is 217 Å². The van der Waals surface area contributed by atoms with Crippen LogP contribution in [-0.4, -0.2) is 144 Å². The minimum atomic E-state index is -1.25. The first-order valence-electron chi connectivity index (χ1n) is 13.6. The van der Waals surface area contributed by atoms with Gasteiger partial charge in [0.25, 0.3) is 0 Å². The lowest BCUT2D eigenvalue weighted by Gasteiger charge is -2.39. The van der Waals surface area contributed by atoms with Crippen molar-refractivity contribution in [3.63, 3.8) is 0 Å². The topological polar surface area (TPSA) is 141 Å². The van der Waals surface area contributed by atoms with Crippen LogP contribution < -0.4 is 5.32 Å². The minimum Gasteiger partial charge on any atom is -0.388 e. The van der Waals surface area contributed by atoms with E-state index in [1.165, 1.54) is 12.0 Å². The summed E-state index contributed by atoms with van der Waals surface area (Å²) in [6.07, 6.45) is 0.151. The van der Waals surface area contributed by atoms with Crippen molar-refractivity contribution in [2.45, 2.75) is 87.2 Å². The predicted molar refractivity (Wildman–Crippen MR) is 129 cm³/mol. The number of amides is 3. The molecule has 0 aromatic rings. The number of carbonyl (C=O) groups excluding carboxylic acids is 3. The van der Waals surface area contributed by atoms with Crippen molar-refractivity contribution in [1.82, 2.24) is 20.0 Å². The lowest BCUT2D eigenvalue weighted by atomic mass is 10.0. The van der Waals surface area contributed by atoms with Crippen molar-refractivity contribution in [2.75, 3.05) is 53.0 Å². The molecule has 0 radical (unpaired) electrons. The Bertz CT molecular complexity index is 855. The summed E-state index contributed by atoms with van der Waals surface area (Å²) >= 11 is 0. The van der Waals surface area contributed by atoms with E-state index < -0.39 is 30.5 Å². The number of nitrogens with one attached hydrogen (secondary N) is 1. The van der Waals surface area contributed by atoms with E-state index in [9.17, 15) is 24.6 Å². The van der Waals surface area contributed by atoms with Crippen LogP contribution in [0.1, 0.15) is 38.5 Å². The highest BCUT2D eigenvalue weighted by Gasteiger charge is 2.47. The molecule has 3 amide bonds. The average molecular weight is 525 g/mol. The summed E-state index contributed by atoms with van der Waals surface area (Å²) in [5.74, 6) is -0.548. The molecule has 12 heteroatoms. The van der Waals surface area contributed by atoms with Crippen LogP contribution in [0, 0.1) is 0 Å². The molecule has 5 aliphatic rings. The number of carbonyl (C=O) groups is 3. The molecule has 0 aromatic carbocycles. The quantitative estimate of drug-likeness (QED) is 0.385. The van der Waals surface area contributed by atoms with Gasteiger partial charge in [-0.3, -0.25) is 19.3 Å². The van der Waals surface area contributed by atoms with Crippen LogP contribution in [0.4, 0.5) is 0 Å². The highest BCUT2D eigenvalue weighted by molar-refractivity contribution is 5.83. The Morgan fingerprint density at radius 3 is 2.59 bits per heavy atom. The maximum absolute atomic E-state index is 13.8.